The number of benzene rings is 8. The molecule has 21 rings (SSSR count). The highest BCUT2D eigenvalue weighted by molar-refractivity contribution is 9.10. The Hall–Kier alpha value is -11.1. The van der Waals surface area contributed by atoms with Crippen molar-refractivity contribution in [3.8, 4) is 28.6 Å². The van der Waals surface area contributed by atoms with E-state index in [0.29, 0.717) is 83.1 Å². The Morgan fingerprint density at radius 2 is 0.873 bits per heavy atom. The molecule has 10 aliphatic rings. The van der Waals surface area contributed by atoms with Gasteiger partial charge in [0, 0.05) is 65.3 Å². The average Bonchev–Trinajstić information content (AvgIpc) is 1.61. The van der Waals surface area contributed by atoms with Gasteiger partial charge in [0.25, 0.3) is 0 Å². The van der Waals surface area contributed by atoms with Gasteiger partial charge < -0.3 is 63.4 Å². The fourth-order valence-corrected chi connectivity index (χ4v) is 23.5. The Bertz CT molecular complexity index is 5990. The third-order valence-electron chi connectivity index (χ3n) is 29.6. The topological polar surface area (TPSA) is 232 Å². The first-order valence-electron chi connectivity index (χ1n) is 46.8. The summed E-state index contributed by atoms with van der Waals surface area (Å²) in [4.78, 5) is 87.2. The van der Waals surface area contributed by atoms with Crippen molar-refractivity contribution in [2.24, 2.45) is 23.7 Å². The van der Waals surface area contributed by atoms with Crippen LogP contribution in [0.5, 0.6) is 17.2 Å². The second-order valence-electron chi connectivity index (χ2n) is 37.6. The van der Waals surface area contributed by atoms with E-state index in [2.05, 4.69) is 84.0 Å². The van der Waals surface area contributed by atoms with Crippen LogP contribution in [0.25, 0.3) is 22.3 Å². The fourth-order valence-electron chi connectivity index (χ4n) is 22.7. The fraction of sp³-hybridized carbons (Fsp3) is 0.435. The van der Waals surface area contributed by atoms with Gasteiger partial charge in [-0.15, -0.1) is 11.6 Å². The number of halogens is 6. The van der Waals surface area contributed by atoms with Crippen molar-refractivity contribution in [3.63, 3.8) is 0 Å². The summed E-state index contributed by atoms with van der Waals surface area (Å²) in [6.45, 7) is 9.16. The van der Waals surface area contributed by atoms with Crippen LogP contribution in [0.1, 0.15) is 260 Å². The number of para-hydroxylation sites is 1. The first kappa shape index (κ1) is 97.4. The van der Waals surface area contributed by atoms with E-state index in [1.54, 1.807) is 93.3 Å². The molecule has 20 nitrogen and oxygen atoms in total. The third-order valence-corrected chi connectivity index (χ3v) is 30.6. The minimum absolute atomic E-state index is 0. The molecule has 17 unspecified atom stereocenters. The molecule has 26 heteroatoms. The number of carbonyl (C=O) groups excluding carboxylic acids is 5. The maximum Gasteiger partial charge on any atom is 0.241 e. The number of aryl methyl sites for hydroxylation is 4. The maximum absolute atomic E-state index is 14.1. The Labute approximate surface area is 796 Å². The van der Waals surface area contributed by atoms with Gasteiger partial charge in [-0.25, -0.2) is 27.5 Å². The normalized spacial score (nSPS) is 25.4. The maximum atomic E-state index is 14.1. The van der Waals surface area contributed by atoms with Gasteiger partial charge in [-0.05, 0) is 301 Å². The summed E-state index contributed by atoms with van der Waals surface area (Å²) in [6.07, 6.45) is 24.5. The number of hydrogen-bond acceptors (Lipinski definition) is 12. The zero-order chi connectivity index (χ0) is 92.6. The van der Waals surface area contributed by atoms with E-state index in [-0.39, 0.29) is 115 Å². The van der Waals surface area contributed by atoms with Gasteiger partial charge in [-0.2, -0.15) is 0 Å². The number of phenols is 1. The van der Waals surface area contributed by atoms with E-state index in [1.165, 1.54) is 60.5 Å². The number of nitrogens with zero attached hydrogens (tertiary/aromatic N) is 9. The highest BCUT2D eigenvalue weighted by Crippen LogP contribution is 2.51. The molecule has 13 heterocycles. The molecule has 134 heavy (non-hydrogen) atoms. The minimum Gasteiger partial charge on any atom is -0.508 e. The number of aromatic amines is 1. The summed E-state index contributed by atoms with van der Waals surface area (Å²) < 4.78 is 70.6. The first-order valence-corrected chi connectivity index (χ1v) is 48.0. The number of aliphatic hydroxyl groups is 2. The van der Waals surface area contributed by atoms with E-state index in [4.69, 9.17) is 21.1 Å². The van der Waals surface area contributed by atoms with E-state index < -0.39 is 35.7 Å². The number of H-pyrrole nitrogens is 1. The molecule has 8 aromatic carbocycles. The number of nitrogens with one attached hydrogen (secondary N) is 1. The van der Waals surface area contributed by atoms with E-state index in [1.807, 2.05) is 99.8 Å². The molecule has 17 atom stereocenters. The van der Waals surface area contributed by atoms with Gasteiger partial charge >= 0.3 is 0 Å². The van der Waals surface area contributed by atoms with Crippen molar-refractivity contribution in [1.29, 1.82) is 0 Å². The molecule has 11 aromatic rings. The Kier molecular flexibility index (Phi) is 30.5. The zero-order valence-electron chi connectivity index (χ0n) is 75.6. The number of amides is 5. The summed E-state index contributed by atoms with van der Waals surface area (Å²) in [5, 5.41) is 33.0. The number of rotatable bonds is 15. The quantitative estimate of drug-likeness (QED) is 0.0555. The molecular formula is C108H124BrClF4N10O10. The van der Waals surface area contributed by atoms with Crippen molar-refractivity contribution in [2.75, 3.05) is 14.2 Å². The Balaban J connectivity index is 0.000000130. The molecular weight excluding hydrogens is 1790 g/mol. The van der Waals surface area contributed by atoms with Gasteiger partial charge in [0.1, 0.15) is 34.3 Å². The lowest BCUT2D eigenvalue weighted by Gasteiger charge is -2.40. The van der Waals surface area contributed by atoms with Crippen LogP contribution in [-0.4, -0.2) is 143 Å². The Morgan fingerprint density at radius 3 is 1.37 bits per heavy atom. The molecule has 4 N–H and O–H groups in total. The van der Waals surface area contributed by atoms with Gasteiger partial charge in [0.15, 0.2) is 11.6 Å². The van der Waals surface area contributed by atoms with Crippen LogP contribution in [0.3, 0.4) is 0 Å². The molecule has 10 fully saturated rings. The first-order chi connectivity index (χ1) is 63.7. The molecule has 0 aliphatic carbocycles. The predicted octanol–water partition coefficient (Wildman–Crippen LogP) is 22.8. The molecule has 708 valence electrons. The number of piperidine rings is 5. The number of aromatic hydroxyl groups is 1. The number of hydrogen-bond donors (Lipinski definition) is 4. The van der Waals surface area contributed by atoms with Crippen molar-refractivity contribution < 1.29 is 66.3 Å². The van der Waals surface area contributed by atoms with E-state index >= 15 is 0 Å². The number of ether oxygens (including phenoxy) is 2. The van der Waals surface area contributed by atoms with Crippen LogP contribution in [0.15, 0.2) is 200 Å². The van der Waals surface area contributed by atoms with Crippen molar-refractivity contribution in [1.82, 2.24) is 48.6 Å². The van der Waals surface area contributed by atoms with Crippen LogP contribution in [0, 0.1) is 74.6 Å². The minimum atomic E-state index is -1.01. The predicted molar refractivity (Wildman–Crippen MR) is 514 cm³/mol. The molecule has 5 amide bonds. The van der Waals surface area contributed by atoms with E-state index in [0.717, 1.165) is 152 Å². The van der Waals surface area contributed by atoms with Gasteiger partial charge in [-0.1, -0.05) is 125 Å². The molecule has 10 saturated heterocycles. The lowest BCUT2D eigenvalue weighted by molar-refractivity contribution is -0.148. The second-order valence-corrected chi connectivity index (χ2v) is 38.9. The van der Waals surface area contributed by atoms with Crippen molar-refractivity contribution in [2.45, 2.75) is 262 Å². The lowest BCUT2D eigenvalue weighted by atomic mass is 9.85. The number of imidazole rings is 2. The number of aliphatic hydroxyl groups excluding tert-OH is 2. The van der Waals surface area contributed by atoms with E-state index in [9.17, 15) is 56.9 Å². The molecule has 0 bridgehead atoms. The van der Waals surface area contributed by atoms with Gasteiger partial charge in [0.05, 0.1) is 108 Å². The number of phenolic OH excluding ortho intramolecular Hbond substituents is 1. The van der Waals surface area contributed by atoms with Crippen LogP contribution in [0.2, 0.25) is 0 Å². The molecule has 0 spiro atoms. The molecule has 3 aromatic heterocycles. The molecule has 0 saturated carbocycles. The SMILES string of the molecule is C.C.CC1CCC2CCC(c3ccccc3)N2C1=O.COc1cc(C(O)C2CCC3CCC(c4cc(C)c(F)c(F)c4)N3C2=O)ccc1-n1cnc(C)c1.COc1cc(C(O)C2CCC3CCC(c4ccc(F)c(C)c4)N3C2=O)ccc1-n1cnc(C)c1.O=C1C(Cc2c(Br)[nH]c3ccccc23)CCC2CCC(c3ccc(O)cc3)N12.O=C1C(Cl)CCC2CCC(c3ccc(F)cc3)N12. The summed E-state index contributed by atoms with van der Waals surface area (Å²) in [5.41, 5.74) is 12.8. The Morgan fingerprint density at radius 1 is 0.448 bits per heavy atom. The van der Waals surface area contributed by atoms with Gasteiger partial charge in [0.2, 0.25) is 29.5 Å². The highest BCUT2D eigenvalue weighted by Gasteiger charge is 2.51. The monoisotopic (exact) mass is 1910 g/mol. The number of aromatic nitrogens is 5. The number of methoxy groups -OCH3 is 2. The lowest BCUT2D eigenvalue weighted by Crippen LogP contribution is -2.47. The van der Waals surface area contributed by atoms with Crippen molar-refractivity contribution >= 4 is 68.0 Å². The number of fused-ring (bicyclic) bond motifs is 6. The highest BCUT2D eigenvalue weighted by atomic mass is 79.9. The average molecular weight is 1910 g/mol. The van der Waals surface area contributed by atoms with Crippen LogP contribution in [0.4, 0.5) is 17.6 Å². The smallest absolute Gasteiger partial charge is 0.241 e. The largest absolute Gasteiger partial charge is 0.508 e. The van der Waals surface area contributed by atoms with Crippen molar-refractivity contribution in [3.05, 3.63) is 290 Å². The number of carbonyl (C=O) groups is 5. The molecule has 10 aliphatic heterocycles. The summed E-state index contributed by atoms with van der Waals surface area (Å²) >= 11 is 9.72. The molecule has 0 radical (unpaired) electrons. The van der Waals surface area contributed by atoms with Crippen LogP contribution < -0.4 is 9.47 Å². The zero-order valence-corrected chi connectivity index (χ0v) is 78.0. The van der Waals surface area contributed by atoms with Gasteiger partial charge in [-0.3, -0.25) is 24.0 Å². The summed E-state index contributed by atoms with van der Waals surface area (Å²) in [6, 6.07) is 53.0. The summed E-state index contributed by atoms with van der Waals surface area (Å²) in [5.74, 6) is -1.18. The van der Waals surface area contributed by atoms with Crippen LogP contribution in [-0.2, 0) is 30.4 Å². The number of alkyl halides is 1. The summed E-state index contributed by atoms with van der Waals surface area (Å²) in [7, 11) is 3.16. The third kappa shape index (κ3) is 20.0. The standard InChI is InChI=1S/C27H29F2N3O3.C27H30FN3O3.C23H23BrN2O2.C15H19NO.C14H15ClFNO.2CH4/c1-15-10-18(11-21(28)25(15)29)22-9-6-19-5-7-20(27(34)32(19)22)26(33)17-4-8-23(24(12-17)35-3)31-13-16(2)30-14-31;1-16-12-18(4-9-22(16)28)23-11-7-20-6-8-21(27(33)31(20)23)26(32)19-5-10-24(25(13-19)34-3)30-14-17(2)29-15-30;24-22-19(18-3-1-2-4-20(18)25-22)13-15-5-8-16-9-12-21(26(16)23(15)28)14-6-10-17(27)11-7-14;1-11-7-8-13-9-10-14(16(13)15(11)17)12-5-3-2-4-6-12;15-12-7-5-11-6-8-13(17(11)14(12)18)9-1-3-10(16)4-2-9;;/h4,8,10-14,19-20,22,26,33H,5-7,9H2,1-3H3;4-5,9-10,12-15,20-21,23,26,32H,6-8,11H2,1-3H3;1-4,6-7,10-11,15-16,21,25,27H,5,8-9,12-13H2;2-6,11,13-14H,7-10H2,1H3;1-4,11-13H,5-8H2;2*1H4. The van der Waals surface area contributed by atoms with Crippen LogP contribution >= 0.6 is 27.5 Å². The second kappa shape index (κ2) is 42.0.